The van der Waals surface area contributed by atoms with Gasteiger partial charge in [0.25, 0.3) is 0 Å². The summed E-state index contributed by atoms with van der Waals surface area (Å²) in [7, 11) is 0. The number of nitrogens with zero attached hydrogens (tertiary/aromatic N) is 1. The molecule has 2 rings (SSSR count). The van der Waals surface area contributed by atoms with Crippen LogP contribution in [0, 0.1) is 0 Å². The minimum Gasteiger partial charge on any atom is -0.344 e. The van der Waals surface area contributed by atoms with Gasteiger partial charge in [-0.25, -0.2) is 0 Å². The summed E-state index contributed by atoms with van der Waals surface area (Å²) < 4.78 is 0. The molecule has 1 unspecified atom stereocenters. The van der Waals surface area contributed by atoms with Crippen LogP contribution in [0.25, 0.3) is 0 Å². The van der Waals surface area contributed by atoms with Gasteiger partial charge in [-0.3, -0.25) is 9.59 Å². The van der Waals surface area contributed by atoms with Crippen LogP contribution in [0.5, 0.6) is 0 Å². The van der Waals surface area contributed by atoms with Crippen molar-refractivity contribution in [3.63, 3.8) is 0 Å². The molecule has 0 aromatic carbocycles. The third-order valence-electron chi connectivity index (χ3n) is 3.70. The zero-order valence-electron chi connectivity index (χ0n) is 12.8. The van der Waals surface area contributed by atoms with Gasteiger partial charge in [-0.1, -0.05) is 13.3 Å². The van der Waals surface area contributed by atoms with E-state index in [1.165, 1.54) is 10.4 Å². The third-order valence-corrected chi connectivity index (χ3v) is 4.72. The summed E-state index contributed by atoms with van der Waals surface area (Å²) in [4.78, 5) is 27.6. The highest BCUT2D eigenvalue weighted by Gasteiger charge is 2.28. The van der Waals surface area contributed by atoms with Gasteiger partial charge in [0.2, 0.25) is 11.8 Å². The second-order valence-electron chi connectivity index (χ2n) is 5.33. The van der Waals surface area contributed by atoms with Crippen LogP contribution in [0.4, 0.5) is 0 Å². The van der Waals surface area contributed by atoms with E-state index in [0.717, 1.165) is 19.4 Å². The Labute approximate surface area is 141 Å². The first-order valence-corrected chi connectivity index (χ1v) is 8.37. The lowest BCUT2D eigenvalue weighted by Gasteiger charge is -2.30. The van der Waals surface area contributed by atoms with E-state index in [-0.39, 0.29) is 30.6 Å². The van der Waals surface area contributed by atoms with Crippen molar-refractivity contribution in [2.75, 3.05) is 13.1 Å². The maximum absolute atomic E-state index is 12.6. The van der Waals surface area contributed by atoms with Crippen LogP contribution in [-0.4, -0.2) is 35.8 Å². The lowest BCUT2D eigenvalue weighted by Crippen LogP contribution is -2.49. The minimum absolute atomic E-state index is 0. The molecule has 5 nitrogen and oxygen atoms in total. The fraction of sp³-hybridized carbons (Fsp3) is 0.600. The van der Waals surface area contributed by atoms with E-state index >= 15 is 0 Å². The van der Waals surface area contributed by atoms with Gasteiger partial charge in [-0.15, -0.1) is 23.7 Å². The molecule has 1 aliphatic heterocycles. The van der Waals surface area contributed by atoms with Crippen molar-refractivity contribution in [2.45, 2.75) is 45.2 Å². The highest BCUT2D eigenvalue weighted by molar-refractivity contribution is 7.10. The quantitative estimate of drug-likeness (QED) is 0.823. The number of rotatable bonds is 6. The fourth-order valence-corrected chi connectivity index (χ4v) is 3.49. The van der Waals surface area contributed by atoms with Crippen LogP contribution >= 0.6 is 23.7 Å². The van der Waals surface area contributed by atoms with E-state index in [9.17, 15) is 9.59 Å². The van der Waals surface area contributed by atoms with E-state index in [4.69, 9.17) is 5.73 Å². The Hall–Kier alpha value is -1.11. The zero-order valence-corrected chi connectivity index (χ0v) is 14.5. The van der Waals surface area contributed by atoms with Crippen molar-refractivity contribution >= 4 is 35.6 Å². The molecule has 1 aliphatic rings. The van der Waals surface area contributed by atoms with Gasteiger partial charge < -0.3 is 16.0 Å². The molecule has 0 radical (unpaired) electrons. The molecule has 0 fully saturated rings. The Kier molecular flexibility index (Phi) is 7.85. The monoisotopic (exact) mass is 345 g/mol. The average Bonchev–Trinajstić information content (AvgIpc) is 2.93. The molecule has 3 N–H and O–H groups in total. The number of nitrogens with one attached hydrogen (secondary N) is 1. The second kappa shape index (κ2) is 9.12. The number of hydrogen-bond acceptors (Lipinski definition) is 4. The summed E-state index contributed by atoms with van der Waals surface area (Å²) >= 11 is 1.75. The van der Waals surface area contributed by atoms with Crippen molar-refractivity contribution < 1.29 is 9.59 Å². The Bertz CT molecular complexity index is 507. The molecule has 0 saturated heterocycles. The number of halogens is 1. The number of thiophene rings is 1. The number of fused-ring (bicyclic) bond motifs is 1. The molecule has 0 spiro atoms. The van der Waals surface area contributed by atoms with E-state index < -0.39 is 6.04 Å². The third kappa shape index (κ3) is 4.69. The van der Waals surface area contributed by atoms with Crippen molar-refractivity contribution in [1.82, 2.24) is 10.2 Å². The molecule has 7 heteroatoms. The summed E-state index contributed by atoms with van der Waals surface area (Å²) in [5.41, 5.74) is 6.62. The normalized spacial score (nSPS) is 14.7. The fourth-order valence-electron chi connectivity index (χ4n) is 2.60. The molecule has 2 amide bonds. The molecule has 2 heterocycles. The van der Waals surface area contributed by atoms with E-state index in [1.54, 1.807) is 11.3 Å². The van der Waals surface area contributed by atoms with Crippen LogP contribution < -0.4 is 11.1 Å². The number of amides is 2. The number of carbonyl (C=O) groups is 2. The lowest BCUT2D eigenvalue weighted by atomic mass is 10.1. The van der Waals surface area contributed by atoms with Crippen molar-refractivity contribution in [3.8, 4) is 0 Å². The van der Waals surface area contributed by atoms with Crippen LogP contribution in [0.3, 0.4) is 0 Å². The van der Waals surface area contributed by atoms with Gasteiger partial charge >= 0.3 is 0 Å². The van der Waals surface area contributed by atoms with Gasteiger partial charge in [0.15, 0.2) is 0 Å². The van der Waals surface area contributed by atoms with Gasteiger partial charge in [-0.05, 0) is 29.9 Å². The number of nitrogens with two attached hydrogens (primary N) is 1. The van der Waals surface area contributed by atoms with Crippen LogP contribution in [-0.2, 0) is 22.6 Å². The zero-order chi connectivity index (χ0) is 15.2. The maximum atomic E-state index is 12.6. The maximum Gasteiger partial charge on any atom is 0.245 e. The SMILES string of the molecule is CCCC(NC(=O)CCN)C(=O)N1CCc2sccc2C1.Cl. The lowest BCUT2D eigenvalue weighted by molar-refractivity contribution is -0.137. The van der Waals surface area contributed by atoms with E-state index in [1.807, 2.05) is 11.8 Å². The van der Waals surface area contributed by atoms with Gasteiger partial charge in [-0.2, -0.15) is 0 Å². The first-order valence-electron chi connectivity index (χ1n) is 7.49. The highest BCUT2D eigenvalue weighted by atomic mass is 35.5. The van der Waals surface area contributed by atoms with E-state index in [2.05, 4.69) is 16.8 Å². The molecule has 0 aliphatic carbocycles. The van der Waals surface area contributed by atoms with Crippen LogP contribution in [0.1, 0.15) is 36.6 Å². The Balaban J connectivity index is 0.00000242. The first kappa shape index (κ1) is 18.9. The molecule has 124 valence electrons. The molecule has 1 aromatic heterocycles. The van der Waals surface area contributed by atoms with Crippen LogP contribution in [0.2, 0.25) is 0 Å². The summed E-state index contributed by atoms with van der Waals surface area (Å²) in [6.45, 7) is 3.72. The molecule has 0 bridgehead atoms. The van der Waals surface area contributed by atoms with Gasteiger partial charge in [0.05, 0.1) is 0 Å². The van der Waals surface area contributed by atoms with Crippen molar-refractivity contribution in [2.24, 2.45) is 5.73 Å². The number of hydrogen-bond donors (Lipinski definition) is 2. The minimum atomic E-state index is -0.422. The predicted octanol–water partition coefficient (Wildman–Crippen LogP) is 1.69. The topological polar surface area (TPSA) is 75.4 Å². The largest absolute Gasteiger partial charge is 0.344 e. The summed E-state index contributed by atoms with van der Waals surface area (Å²) in [6, 6.07) is 1.66. The molecular weight excluding hydrogens is 322 g/mol. The average molecular weight is 346 g/mol. The van der Waals surface area contributed by atoms with E-state index in [0.29, 0.717) is 19.5 Å². The molecular formula is C15H24ClN3O2S. The van der Waals surface area contributed by atoms with Gasteiger partial charge in [0.1, 0.15) is 6.04 Å². The number of carbonyl (C=O) groups excluding carboxylic acids is 2. The standard InChI is InChI=1S/C15H23N3O2S.ClH/c1-2-3-12(17-14(19)4-7-16)15(20)18-8-5-13-11(10-18)6-9-21-13;/h6,9,12H,2-5,7-8,10,16H2,1H3,(H,17,19);1H. The summed E-state index contributed by atoms with van der Waals surface area (Å²) in [6.07, 6.45) is 2.70. The Morgan fingerprint density at radius 2 is 2.27 bits per heavy atom. The van der Waals surface area contributed by atoms with Crippen molar-refractivity contribution in [1.29, 1.82) is 0 Å². The highest BCUT2D eigenvalue weighted by Crippen LogP contribution is 2.24. The van der Waals surface area contributed by atoms with Crippen molar-refractivity contribution in [3.05, 3.63) is 21.9 Å². The first-order chi connectivity index (χ1) is 10.2. The predicted molar refractivity (Wildman–Crippen MR) is 91.2 cm³/mol. The molecule has 22 heavy (non-hydrogen) atoms. The van der Waals surface area contributed by atoms with Crippen LogP contribution in [0.15, 0.2) is 11.4 Å². The summed E-state index contributed by atoms with van der Waals surface area (Å²) in [5, 5.41) is 4.90. The molecule has 0 saturated carbocycles. The Morgan fingerprint density at radius 3 is 2.95 bits per heavy atom. The summed E-state index contributed by atoms with van der Waals surface area (Å²) in [5.74, 6) is -0.114. The molecule has 1 aromatic rings. The smallest absolute Gasteiger partial charge is 0.245 e. The van der Waals surface area contributed by atoms with Gasteiger partial charge in [0, 0.05) is 30.9 Å². The second-order valence-corrected chi connectivity index (χ2v) is 6.33. The Morgan fingerprint density at radius 1 is 1.50 bits per heavy atom. The molecule has 1 atom stereocenters.